The van der Waals surface area contributed by atoms with Crippen molar-refractivity contribution in [3.8, 4) is 0 Å². The zero-order valence-electron chi connectivity index (χ0n) is 67.3. The number of ether oxygens (including phenoxy) is 4. The molecule has 0 aliphatic rings. The van der Waals surface area contributed by atoms with E-state index in [9.17, 15) is 47.7 Å². The average Bonchev–Trinajstić information content (AvgIpc) is 0.906. The molecule has 0 spiro atoms. The number of hydrogen-bond donors (Lipinski definition) is 4. The molecule has 618 valence electrons. The molecule has 0 fully saturated rings. The molecule has 0 aliphatic carbocycles. The van der Waals surface area contributed by atoms with Crippen LogP contribution in [-0.4, -0.2) is 95.6 Å². The van der Waals surface area contributed by atoms with Crippen molar-refractivity contribution in [2.24, 2.45) is 0 Å². The Hall–Kier alpha value is -3.22. The Morgan fingerprint density at radius 1 is 0.292 bits per heavy atom. The highest BCUT2D eigenvalue weighted by molar-refractivity contribution is 8.76. The first-order chi connectivity index (χ1) is 51.6. The van der Waals surface area contributed by atoms with Gasteiger partial charge in [0.15, 0.2) is 12.2 Å². The summed E-state index contributed by atoms with van der Waals surface area (Å²) in [5.41, 5.74) is 0. The van der Waals surface area contributed by atoms with Crippen LogP contribution in [0.5, 0.6) is 0 Å². The minimum Gasteiger partial charge on any atom is -0.462 e. The van der Waals surface area contributed by atoms with Crippen LogP contribution in [0.4, 0.5) is 0 Å². The van der Waals surface area contributed by atoms with Crippen LogP contribution in [0, 0.1) is 0 Å². The zero-order valence-corrected chi connectivity index (χ0v) is 70.8. The van der Waals surface area contributed by atoms with E-state index < -0.39 is 89.8 Å². The van der Waals surface area contributed by atoms with E-state index in [1.54, 1.807) is 0 Å². The van der Waals surface area contributed by atoms with Gasteiger partial charge >= 0.3 is 39.4 Å². The fraction of sp³-hybridized carbons (Fsp3) is 0.833. The van der Waals surface area contributed by atoms with Gasteiger partial charge in [-0.1, -0.05) is 303 Å². The molecule has 4 atom stereocenters. The molecule has 0 aromatic carbocycles. The Morgan fingerprint density at radius 3 is 0.736 bits per heavy atom. The summed E-state index contributed by atoms with van der Waals surface area (Å²) in [5.74, 6) is -3.38. The predicted octanol–water partition coefficient (Wildman–Crippen LogP) is 24.7. The number of unbranched alkanes of at least 4 members (excludes halogenated alkanes) is 44. The van der Waals surface area contributed by atoms with Gasteiger partial charge in [-0.3, -0.25) is 48.0 Å². The Balaban J connectivity index is 5.17. The molecule has 0 aliphatic heterocycles. The quantitative estimate of drug-likeness (QED) is 0.0110. The number of nitrogens with one attached hydrogen (secondary N) is 2. The Kier molecular flexibility index (Phi) is 76.1. The molecule has 0 saturated heterocycles. The third kappa shape index (κ3) is 77.5. The number of allylic oxidation sites excluding steroid dienone is 8. The van der Waals surface area contributed by atoms with Crippen LogP contribution in [0.2, 0.25) is 0 Å². The van der Waals surface area contributed by atoms with Crippen LogP contribution < -0.4 is 10.2 Å². The highest BCUT2D eigenvalue weighted by Crippen LogP contribution is 2.39. The van der Waals surface area contributed by atoms with E-state index in [1.165, 1.54) is 176 Å². The lowest BCUT2D eigenvalue weighted by molar-refractivity contribution is -0.161. The highest BCUT2D eigenvalue weighted by Gasteiger charge is 2.29. The van der Waals surface area contributed by atoms with Crippen molar-refractivity contribution in [2.75, 3.05) is 37.9 Å². The van der Waals surface area contributed by atoms with Crippen molar-refractivity contribution in [3.05, 3.63) is 48.6 Å². The summed E-state index contributed by atoms with van der Waals surface area (Å²) in [4.78, 5) is 98.6. The van der Waals surface area contributed by atoms with Gasteiger partial charge in [-0.2, -0.15) is 0 Å². The summed E-state index contributed by atoms with van der Waals surface area (Å²) in [7, 11) is -7.16. The van der Waals surface area contributed by atoms with Crippen LogP contribution in [0.1, 0.15) is 400 Å². The van der Waals surface area contributed by atoms with E-state index in [0.717, 1.165) is 154 Å². The van der Waals surface area contributed by atoms with Crippen molar-refractivity contribution < 1.29 is 75.7 Å². The molecular weight excluding hydrogens is 1420 g/mol. The molecule has 0 rings (SSSR count). The first kappa shape index (κ1) is 103. The first-order valence-corrected chi connectivity index (χ1v) is 48.3. The third-order valence-corrected chi connectivity index (χ3v) is 22.8. The van der Waals surface area contributed by atoms with E-state index in [4.69, 9.17) is 28.0 Å². The van der Waals surface area contributed by atoms with Gasteiger partial charge in [0.25, 0.3) is 0 Å². The maximum Gasteiger partial charge on any atom is 0.432 e. The van der Waals surface area contributed by atoms with Crippen LogP contribution in [0.15, 0.2) is 48.6 Å². The molecule has 0 saturated carbocycles. The molecular formula is C84H154N2O16P2S2. The number of esters is 4. The topological polar surface area (TPSA) is 256 Å². The third-order valence-electron chi connectivity index (χ3n) is 18.3. The van der Waals surface area contributed by atoms with Gasteiger partial charge in [0.2, 0.25) is 11.8 Å². The monoisotopic (exact) mass is 1570 g/mol. The Labute approximate surface area is 653 Å². The lowest BCUT2D eigenvalue weighted by Crippen LogP contribution is -2.31. The van der Waals surface area contributed by atoms with Crippen LogP contribution >= 0.6 is 37.1 Å². The van der Waals surface area contributed by atoms with Gasteiger partial charge in [-0.15, -0.1) is 0 Å². The summed E-state index contributed by atoms with van der Waals surface area (Å²) >= 11 is 0. The van der Waals surface area contributed by atoms with E-state index in [2.05, 4.69) is 76.3 Å². The van der Waals surface area contributed by atoms with Gasteiger partial charge in [-0.25, -0.2) is 9.13 Å². The molecule has 106 heavy (non-hydrogen) atoms. The van der Waals surface area contributed by atoms with Gasteiger partial charge in [-0.05, 0) is 128 Å². The molecule has 22 heteroatoms. The Bertz CT molecular complexity index is 2170. The largest absolute Gasteiger partial charge is 0.462 e. The SMILES string of the molecule is CCCCCCCC/C=C\CCCCCCCC(=O)OC[C@H](COP(=O)(O)NC(=O)CCSSCCC(=O)NP(=O)(O)OC[C@@H](COC(=O)CCCCCCC/C=C\CCCCCCCC)OC(=O)CCCCCCC/C=C\CCCCCCCC)OC(=O)CCCCCCC/C=C\CCCCCCCC. The normalized spacial score (nSPS) is 13.5. The minimum absolute atomic E-state index is 0.112. The van der Waals surface area contributed by atoms with Crippen molar-refractivity contribution in [1.29, 1.82) is 0 Å². The van der Waals surface area contributed by atoms with Crippen molar-refractivity contribution >= 4 is 72.8 Å². The van der Waals surface area contributed by atoms with Gasteiger partial charge in [0.05, 0.1) is 13.2 Å². The smallest absolute Gasteiger partial charge is 0.432 e. The van der Waals surface area contributed by atoms with E-state index in [-0.39, 0.29) is 50.0 Å². The molecule has 18 nitrogen and oxygen atoms in total. The number of carbonyl (C=O) groups is 6. The van der Waals surface area contributed by atoms with Crippen LogP contribution in [-0.2, 0) is 65.9 Å². The molecule has 0 aromatic rings. The predicted molar refractivity (Wildman–Crippen MR) is 441 cm³/mol. The molecule has 4 N–H and O–H groups in total. The molecule has 0 aromatic heterocycles. The van der Waals surface area contributed by atoms with E-state index >= 15 is 0 Å². The average molecular weight is 1570 g/mol. The summed E-state index contributed by atoms with van der Waals surface area (Å²) in [6.07, 6.45) is 74.1. The van der Waals surface area contributed by atoms with E-state index in [0.29, 0.717) is 25.7 Å². The van der Waals surface area contributed by atoms with Gasteiger partial charge < -0.3 is 28.7 Å². The molecule has 0 bridgehead atoms. The van der Waals surface area contributed by atoms with Crippen molar-refractivity contribution in [2.45, 2.75) is 412 Å². The minimum atomic E-state index is -4.77. The fourth-order valence-electron chi connectivity index (χ4n) is 11.8. The van der Waals surface area contributed by atoms with Crippen molar-refractivity contribution in [3.63, 3.8) is 0 Å². The highest BCUT2D eigenvalue weighted by atomic mass is 33.1. The first-order valence-electron chi connectivity index (χ1n) is 42.7. The molecule has 0 heterocycles. The second kappa shape index (κ2) is 78.5. The number of carbonyl (C=O) groups excluding carboxylic acids is 6. The fourth-order valence-corrected chi connectivity index (χ4v) is 15.5. The number of amides is 2. The summed E-state index contributed by atoms with van der Waals surface area (Å²) < 4.78 is 58.9. The van der Waals surface area contributed by atoms with Crippen LogP contribution in [0.3, 0.4) is 0 Å². The molecule has 2 amide bonds. The summed E-state index contributed by atoms with van der Waals surface area (Å²) in [6.45, 7) is 6.91. The van der Waals surface area contributed by atoms with Gasteiger partial charge in [0.1, 0.15) is 13.2 Å². The Morgan fingerprint density at radius 2 is 0.500 bits per heavy atom. The number of rotatable bonds is 81. The maximum atomic E-state index is 13.1. The number of hydrogen-bond acceptors (Lipinski definition) is 16. The van der Waals surface area contributed by atoms with Gasteiger partial charge in [0, 0.05) is 50.0 Å². The zero-order chi connectivity index (χ0) is 77.6. The second-order valence-electron chi connectivity index (χ2n) is 28.8. The maximum absolute atomic E-state index is 13.1. The lowest BCUT2D eigenvalue weighted by Gasteiger charge is -2.20. The summed E-state index contributed by atoms with van der Waals surface area (Å²) in [6, 6.07) is 0. The molecule has 0 radical (unpaired) electrons. The molecule has 2 unspecified atom stereocenters. The summed E-state index contributed by atoms with van der Waals surface area (Å²) in [5, 5.41) is 3.99. The second-order valence-corrected chi connectivity index (χ2v) is 34.5. The lowest BCUT2D eigenvalue weighted by atomic mass is 10.1. The van der Waals surface area contributed by atoms with Crippen molar-refractivity contribution in [1.82, 2.24) is 10.2 Å². The van der Waals surface area contributed by atoms with Crippen LogP contribution in [0.25, 0.3) is 0 Å². The standard InChI is InChI=1S/C84H154N2O16P2S2/c1-5-9-13-17-21-25-29-33-37-41-45-49-53-57-61-65-81(89)97-73-77(101-83(91)67-63-59-55-51-47-43-39-35-31-27-23-19-15-11-7-3)75-99-103(93,94)85-79(87)69-71-105-106-72-70-80(88)86-104(95,96)100-76-78(102-84(92)68-64-60-56-52-48-44-40-36-32-28-24-20-16-12-8-4)74-98-82(90)66-62-58-54-50-46-42-38-34-30-26-22-18-14-10-6-2/h33-40,77-78H,5-32,41-76H2,1-4H3,(H2,85,87,93,94)(H2,86,88,95,96)/b37-33-,38-34-,39-35-,40-36-/t77-,78-/m1/s1. The van der Waals surface area contributed by atoms with E-state index in [1.807, 2.05) is 10.2 Å².